The molecule has 0 aliphatic carbocycles. The van der Waals surface area contributed by atoms with Gasteiger partial charge in [-0.3, -0.25) is 19.6 Å². The van der Waals surface area contributed by atoms with E-state index in [1.807, 2.05) is 31.2 Å². The Morgan fingerprint density at radius 3 is 2.60 bits per heavy atom. The van der Waals surface area contributed by atoms with E-state index in [0.29, 0.717) is 17.8 Å². The Hall–Kier alpha value is -3.48. The van der Waals surface area contributed by atoms with Gasteiger partial charge in [0.25, 0.3) is 11.6 Å². The monoisotopic (exact) mass is 336 g/mol. The molecule has 7 nitrogen and oxygen atoms in total. The Balaban J connectivity index is 1.67. The molecule has 1 aromatic heterocycles. The van der Waals surface area contributed by atoms with E-state index < -0.39 is 4.92 Å². The number of carbonyl (C=O) groups excluding carboxylic acids is 1. The molecule has 0 bridgehead atoms. The molecule has 7 heteroatoms. The Bertz CT molecular complexity index is 916. The number of nitrogens with zero attached hydrogens (tertiary/aromatic N) is 3. The second-order valence-corrected chi connectivity index (χ2v) is 5.61. The number of carbonyl (C=O) groups is 1. The summed E-state index contributed by atoms with van der Waals surface area (Å²) in [7, 11) is 0. The fourth-order valence-corrected chi connectivity index (χ4v) is 2.41. The van der Waals surface area contributed by atoms with Crippen LogP contribution in [-0.4, -0.2) is 20.6 Å². The van der Waals surface area contributed by atoms with Crippen LogP contribution in [0.2, 0.25) is 0 Å². The van der Waals surface area contributed by atoms with Crippen molar-refractivity contribution < 1.29 is 9.72 Å². The molecule has 2 aromatic carbocycles. The van der Waals surface area contributed by atoms with Crippen LogP contribution in [0.4, 0.5) is 11.4 Å². The Morgan fingerprint density at radius 2 is 1.92 bits per heavy atom. The first-order chi connectivity index (χ1) is 12.0. The van der Waals surface area contributed by atoms with Crippen molar-refractivity contribution in [2.45, 2.75) is 13.5 Å². The van der Waals surface area contributed by atoms with Crippen molar-refractivity contribution in [2.24, 2.45) is 0 Å². The van der Waals surface area contributed by atoms with E-state index in [2.05, 4.69) is 10.4 Å². The predicted octanol–water partition coefficient (Wildman–Crippen LogP) is 3.40. The first-order valence-corrected chi connectivity index (χ1v) is 7.66. The lowest BCUT2D eigenvalue weighted by atomic mass is 10.1. The highest BCUT2D eigenvalue weighted by molar-refractivity contribution is 6.04. The zero-order valence-electron chi connectivity index (χ0n) is 13.5. The Morgan fingerprint density at radius 1 is 1.20 bits per heavy atom. The van der Waals surface area contributed by atoms with Gasteiger partial charge in [-0.05, 0) is 30.2 Å². The van der Waals surface area contributed by atoms with Crippen molar-refractivity contribution in [2.75, 3.05) is 5.32 Å². The fourth-order valence-electron chi connectivity index (χ4n) is 2.41. The molecule has 0 radical (unpaired) electrons. The number of nitro benzene ring substituents is 1. The molecule has 0 saturated carbocycles. The number of nitrogens with one attached hydrogen (secondary N) is 1. The average molecular weight is 336 g/mol. The second-order valence-electron chi connectivity index (χ2n) is 5.61. The first kappa shape index (κ1) is 16.4. The van der Waals surface area contributed by atoms with Gasteiger partial charge in [0.05, 0.1) is 23.4 Å². The van der Waals surface area contributed by atoms with Gasteiger partial charge in [0, 0.05) is 23.9 Å². The number of benzene rings is 2. The van der Waals surface area contributed by atoms with Gasteiger partial charge >= 0.3 is 0 Å². The third kappa shape index (κ3) is 3.89. The molecule has 126 valence electrons. The Labute approximate surface area is 144 Å². The van der Waals surface area contributed by atoms with E-state index in [1.165, 1.54) is 29.8 Å². The maximum absolute atomic E-state index is 12.2. The summed E-state index contributed by atoms with van der Waals surface area (Å²) < 4.78 is 1.74. The van der Waals surface area contributed by atoms with Crippen molar-refractivity contribution in [3.05, 3.63) is 87.7 Å². The van der Waals surface area contributed by atoms with Gasteiger partial charge < -0.3 is 5.32 Å². The number of nitro groups is 1. The normalized spacial score (nSPS) is 10.4. The summed E-state index contributed by atoms with van der Waals surface area (Å²) in [5.74, 6) is -0.342. The van der Waals surface area contributed by atoms with Crippen LogP contribution < -0.4 is 5.32 Å². The number of aromatic nitrogens is 2. The maximum atomic E-state index is 12.2. The molecule has 0 aliphatic heterocycles. The summed E-state index contributed by atoms with van der Waals surface area (Å²) in [6, 6.07) is 13.5. The van der Waals surface area contributed by atoms with Crippen LogP contribution >= 0.6 is 0 Å². The van der Waals surface area contributed by atoms with Gasteiger partial charge in [0.15, 0.2) is 0 Å². The van der Waals surface area contributed by atoms with Crippen molar-refractivity contribution in [1.82, 2.24) is 9.78 Å². The van der Waals surface area contributed by atoms with E-state index in [1.54, 1.807) is 17.1 Å². The molecule has 1 N–H and O–H groups in total. The SMILES string of the molecule is Cc1ccccc1Cn1cc(NC(=O)c2ccc([N+](=O)[O-])cc2)cn1. The highest BCUT2D eigenvalue weighted by Crippen LogP contribution is 2.15. The highest BCUT2D eigenvalue weighted by atomic mass is 16.6. The Kier molecular flexibility index (Phi) is 4.56. The number of non-ortho nitro benzene ring substituents is 1. The van der Waals surface area contributed by atoms with Crippen molar-refractivity contribution in [1.29, 1.82) is 0 Å². The van der Waals surface area contributed by atoms with Crippen LogP contribution in [0.15, 0.2) is 60.9 Å². The van der Waals surface area contributed by atoms with Crippen LogP contribution in [-0.2, 0) is 6.54 Å². The number of anilines is 1. The van der Waals surface area contributed by atoms with Gasteiger partial charge in [0.1, 0.15) is 0 Å². The van der Waals surface area contributed by atoms with Crippen molar-refractivity contribution in [3.8, 4) is 0 Å². The third-order valence-corrected chi connectivity index (χ3v) is 3.83. The molecule has 1 amide bonds. The molecule has 3 rings (SSSR count). The van der Waals surface area contributed by atoms with Gasteiger partial charge in [0.2, 0.25) is 0 Å². The zero-order valence-corrected chi connectivity index (χ0v) is 13.5. The lowest BCUT2D eigenvalue weighted by molar-refractivity contribution is -0.384. The second kappa shape index (κ2) is 6.96. The molecule has 0 saturated heterocycles. The molecule has 0 fully saturated rings. The lowest BCUT2D eigenvalue weighted by Gasteiger charge is -2.05. The molecule has 1 heterocycles. The highest BCUT2D eigenvalue weighted by Gasteiger charge is 2.11. The number of aryl methyl sites for hydroxylation is 1. The van der Waals surface area contributed by atoms with Crippen molar-refractivity contribution in [3.63, 3.8) is 0 Å². The summed E-state index contributed by atoms with van der Waals surface area (Å²) >= 11 is 0. The maximum Gasteiger partial charge on any atom is 0.269 e. The van der Waals surface area contributed by atoms with Crippen LogP contribution in [0.1, 0.15) is 21.5 Å². The van der Waals surface area contributed by atoms with E-state index in [4.69, 9.17) is 0 Å². The average Bonchev–Trinajstić information content (AvgIpc) is 3.04. The summed E-state index contributed by atoms with van der Waals surface area (Å²) in [5, 5.41) is 17.6. The largest absolute Gasteiger partial charge is 0.319 e. The number of rotatable bonds is 5. The minimum absolute atomic E-state index is 0.0531. The molecular weight excluding hydrogens is 320 g/mol. The molecule has 0 atom stereocenters. The molecule has 0 aliphatic rings. The third-order valence-electron chi connectivity index (χ3n) is 3.83. The van der Waals surface area contributed by atoms with Gasteiger partial charge in [-0.15, -0.1) is 0 Å². The smallest absolute Gasteiger partial charge is 0.269 e. The number of hydrogen-bond acceptors (Lipinski definition) is 4. The number of hydrogen-bond donors (Lipinski definition) is 1. The number of amides is 1. The summed E-state index contributed by atoms with van der Waals surface area (Å²) in [5.41, 5.74) is 3.19. The van der Waals surface area contributed by atoms with Crippen LogP contribution in [0.3, 0.4) is 0 Å². The van der Waals surface area contributed by atoms with E-state index in [0.717, 1.165) is 5.56 Å². The summed E-state index contributed by atoms with van der Waals surface area (Å²) in [4.78, 5) is 22.3. The standard InChI is InChI=1S/C18H16N4O3/c1-13-4-2-3-5-15(13)11-21-12-16(10-19-21)20-18(23)14-6-8-17(9-7-14)22(24)25/h2-10,12H,11H2,1H3,(H,20,23). The van der Waals surface area contributed by atoms with Crippen LogP contribution in [0.25, 0.3) is 0 Å². The molecule has 25 heavy (non-hydrogen) atoms. The fraction of sp³-hybridized carbons (Fsp3) is 0.111. The van der Waals surface area contributed by atoms with Crippen LogP contribution in [0, 0.1) is 17.0 Å². The quantitative estimate of drug-likeness (QED) is 0.571. The molecule has 0 spiro atoms. The summed E-state index contributed by atoms with van der Waals surface area (Å²) in [6.45, 7) is 2.65. The lowest BCUT2D eigenvalue weighted by Crippen LogP contribution is -2.11. The summed E-state index contributed by atoms with van der Waals surface area (Å²) in [6.07, 6.45) is 3.32. The minimum Gasteiger partial charge on any atom is -0.319 e. The molecular formula is C18H16N4O3. The van der Waals surface area contributed by atoms with E-state index in [9.17, 15) is 14.9 Å². The van der Waals surface area contributed by atoms with Crippen LogP contribution in [0.5, 0.6) is 0 Å². The van der Waals surface area contributed by atoms with Gasteiger partial charge in [-0.25, -0.2) is 0 Å². The van der Waals surface area contributed by atoms with Gasteiger partial charge in [-0.2, -0.15) is 5.10 Å². The topological polar surface area (TPSA) is 90.1 Å². The van der Waals surface area contributed by atoms with E-state index in [-0.39, 0.29) is 11.6 Å². The minimum atomic E-state index is -0.503. The van der Waals surface area contributed by atoms with Gasteiger partial charge in [-0.1, -0.05) is 24.3 Å². The predicted molar refractivity (Wildman–Crippen MR) is 93.6 cm³/mol. The molecule has 0 unspecified atom stereocenters. The van der Waals surface area contributed by atoms with E-state index >= 15 is 0 Å². The zero-order chi connectivity index (χ0) is 17.8. The molecule has 3 aromatic rings. The van der Waals surface area contributed by atoms with Crippen molar-refractivity contribution >= 4 is 17.3 Å². The first-order valence-electron chi connectivity index (χ1n) is 7.66.